The topological polar surface area (TPSA) is 17.8 Å². The number of benzene rings is 1. The van der Waals surface area contributed by atoms with Crippen molar-refractivity contribution in [3.63, 3.8) is 0 Å². The third-order valence-corrected chi connectivity index (χ3v) is 5.70. The first-order valence-corrected chi connectivity index (χ1v) is 8.21. The SMILES string of the molecule is CC1=CC[C@H](C)[C@@]2(C)Cc3cnn(-c4ccc(F)cc4)c3C=C12. The molecule has 0 bridgehead atoms. The molecular weight excluding hydrogens is 287 g/mol. The summed E-state index contributed by atoms with van der Waals surface area (Å²) >= 11 is 0. The molecule has 0 spiro atoms. The van der Waals surface area contributed by atoms with Gasteiger partial charge in [-0.05, 0) is 72.6 Å². The molecule has 0 fully saturated rings. The summed E-state index contributed by atoms with van der Waals surface area (Å²) in [5.74, 6) is 0.403. The van der Waals surface area contributed by atoms with Crippen molar-refractivity contribution in [2.45, 2.75) is 33.6 Å². The maximum atomic E-state index is 13.2. The first-order chi connectivity index (χ1) is 11.0. The number of nitrogens with zero attached hydrogens (tertiary/aromatic N) is 2. The number of aromatic nitrogens is 2. The summed E-state index contributed by atoms with van der Waals surface area (Å²) in [4.78, 5) is 0. The monoisotopic (exact) mass is 308 g/mol. The summed E-state index contributed by atoms with van der Waals surface area (Å²) in [6.07, 6.45) is 8.76. The molecule has 1 aromatic carbocycles. The molecule has 4 rings (SSSR count). The highest BCUT2D eigenvalue weighted by Gasteiger charge is 2.41. The Morgan fingerprint density at radius 3 is 2.74 bits per heavy atom. The predicted molar refractivity (Wildman–Crippen MR) is 90.8 cm³/mol. The van der Waals surface area contributed by atoms with Crippen molar-refractivity contribution in [1.29, 1.82) is 0 Å². The Morgan fingerprint density at radius 1 is 1.26 bits per heavy atom. The van der Waals surface area contributed by atoms with E-state index in [0.717, 1.165) is 24.2 Å². The standard InChI is InChI=1S/C20H21FN2/c1-13-4-5-14(2)20(3)11-15-12-22-23(19(15)10-18(13)20)17-8-6-16(21)7-9-17/h4,6-10,12,14H,5,11H2,1-3H3/t14-,20+/m0/s1. The molecule has 2 aromatic rings. The quantitative estimate of drug-likeness (QED) is 0.729. The lowest BCUT2D eigenvalue weighted by atomic mass is 9.60. The van der Waals surface area contributed by atoms with Crippen molar-refractivity contribution in [3.8, 4) is 5.69 Å². The Morgan fingerprint density at radius 2 is 2.00 bits per heavy atom. The molecule has 118 valence electrons. The van der Waals surface area contributed by atoms with Gasteiger partial charge >= 0.3 is 0 Å². The Kier molecular flexibility index (Phi) is 3.09. The van der Waals surface area contributed by atoms with Crippen molar-refractivity contribution in [2.24, 2.45) is 11.3 Å². The molecule has 2 nitrogen and oxygen atoms in total. The van der Waals surface area contributed by atoms with E-state index in [0.29, 0.717) is 5.92 Å². The zero-order valence-corrected chi connectivity index (χ0v) is 13.8. The fraction of sp³-hybridized carbons (Fsp3) is 0.350. The minimum Gasteiger partial charge on any atom is -0.233 e. The van der Waals surface area contributed by atoms with Gasteiger partial charge in [-0.25, -0.2) is 9.07 Å². The van der Waals surface area contributed by atoms with E-state index in [1.165, 1.54) is 28.8 Å². The average Bonchev–Trinajstić information content (AvgIpc) is 2.93. The Labute approximate surface area is 136 Å². The van der Waals surface area contributed by atoms with Gasteiger partial charge < -0.3 is 0 Å². The number of rotatable bonds is 1. The Hall–Kier alpha value is -2.16. The van der Waals surface area contributed by atoms with Crippen LogP contribution in [0.5, 0.6) is 0 Å². The second-order valence-electron chi connectivity index (χ2n) is 7.12. The maximum Gasteiger partial charge on any atom is 0.123 e. The van der Waals surface area contributed by atoms with Crippen molar-refractivity contribution >= 4 is 6.08 Å². The molecule has 0 aliphatic heterocycles. The van der Waals surface area contributed by atoms with Crippen LogP contribution in [0.1, 0.15) is 38.4 Å². The highest BCUT2D eigenvalue weighted by Crippen LogP contribution is 2.50. The molecule has 23 heavy (non-hydrogen) atoms. The molecule has 0 unspecified atom stereocenters. The Balaban J connectivity index is 1.87. The maximum absolute atomic E-state index is 13.2. The summed E-state index contributed by atoms with van der Waals surface area (Å²) in [5, 5.41) is 4.57. The molecule has 0 amide bonds. The zero-order valence-electron chi connectivity index (χ0n) is 13.8. The third-order valence-electron chi connectivity index (χ3n) is 5.70. The fourth-order valence-electron chi connectivity index (χ4n) is 3.99. The molecule has 0 N–H and O–H groups in total. The molecule has 2 aliphatic carbocycles. The van der Waals surface area contributed by atoms with Gasteiger partial charge in [-0.3, -0.25) is 0 Å². The fourth-order valence-corrected chi connectivity index (χ4v) is 3.99. The minimum absolute atomic E-state index is 0.183. The van der Waals surface area contributed by atoms with E-state index in [2.05, 4.69) is 38.0 Å². The van der Waals surface area contributed by atoms with Crippen molar-refractivity contribution in [1.82, 2.24) is 9.78 Å². The van der Waals surface area contributed by atoms with E-state index in [1.807, 2.05) is 10.9 Å². The lowest BCUT2D eigenvalue weighted by Crippen LogP contribution is -2.35. The highest BCUT2D eigenvalue weighted by molar-refractivity contribution is 5.66. The number of hydrogen-bond acceptors (Lipinski definition) is 1. The van der Waals surface area contributed by atoms with Crippen LogP contribution < -0.4 is 0 Å². The number of allylic oxidation sites excluding steroid dienone is 3. The summed E-state index contributed by atoms with van der Waals surface area (Å²) < 4.78 is 15.1. The van der Waals surface area contributed by atoms with Crippen LogP contribution >= 0.6 is 0 Å². The molecule has 1 aromatic heterocycles. The van der Waals surface area contributed by atoms with E-state index in [-0.39, 0.29) is 11.2 Å². The molecule has 0 saturated heterocycles. The van der Waals surface area contributed by atoms with E-state index in [9.17, 15) is 4.39 Å². The largest absolute Gasteiger partial charge is 0.233 e. The normalized spacial score (nSPS) is 26.2. The number of fused-ring (bicyclic) bond motifs is 2. The van der Waals surface area contributed by atoms with Crippen LogP contribution in [-0.4, -0.2) is 9.78 Å². The van der Waals surface area contributed by atoms with Crippen molar-refractivity contribution in [2.75, 3.05) is 0 Å². The molecule has 1 heterocycles. The van der Waals surface area contributed by atoms with Crippen LogP contribution in [0.3, 0.4) is 0 Å². The molecule has 2 atom stereocenters. The van der Waals surface area contributed by atoms with E-state index < -0.39 is 0 Å². The molecule has 2 aliphatic rings. The van der Waals surface area contributed by atoms with Crippen LogP contribution in [0.25, 0.3) is 11.8 Å². The zero-order chi connectivity index (χ0) is 16.2. The summed E-state index contributed by atoms with van der Waals surface area (Å²) in [6, 6.07) is 6.52. The second-order valence-corrected chi connectivity index (χ2v) is 7.12. The van der Waals surface area contributed by atoms with Crippen molar-refractivity contribution < 1.29 is 4.39 Å². The first kappa shape index (κ1) is 14.4. The van der Waals surface area contributed by atoms with Crippen molar-refractivity contribution in [3.05, 3.63) is 64.8 Å². The van der Waals surface area contributed by atoms with Gasteiger partial charge in [-0.2, -0.15) is 5.10 Å². The van der Waals surface area contributed by atoms with E-state index in [1.54, 1.807) is 12.1 Å². The van der Waals surface area contributed by atoms with Gasteiger partial charge in [0.2, 0.25) is 0 Å². The molecule has 3 heteroatoms. The van der Waals surface area contributed by atoms with E-state index in [4.69, 9.17) is 0 Å². The smallest absolute Gasteiger partial charge is 0.123 e. The van der Waals surface area contributed by atoms with Crippen LogP contribution in [0.2, 0.25) is 0 Å². The summed E-state index contributed by atoms with van der Waals surface area (Å²) in [7, 11) is 0. The van der Waals surface area contributed by atoms with Gasteiger partial charge in [-0.15, -0.1) is 0 Å². The van der Waals surface area contributed by atoms with Crippen LogP contribution in [-0.2, 0) is 6.42 Å². The van der Waals surface area contributed by atoms with Gasteiger partial charge in [0, 0.05) is 0 Å². The van der Waals surface area contributed by atoms with Crippen LogP contribution in [0.4, 0.5) is 4.39 Å². The second kappa shape index (κ2) is 4.92. The highest BCUT2D eigenvalue weighted by atomic mass is 19.1. The van der Waals surface area contributed by atoms with Gasteiger partial charge in [0.05, 0.1) is 17.6 Å². The first-order valence-electron chi connectivity index (χ1n) is 8.21. The van der Waals surface area contributed by atoms with E-state index >= 15 is 0 Å². The van der Waals surface area contributed by atoms with Crippen LogP contribution in [0.15, 0.2) is 47.7 Å². The number of halogens is 1. The molecule has 0 saturated carbocycles. The lowest BCUT2D eigenvalue weighted by molar-refractivity contribution is 0.248. The number of hydrogen-bond donors (Lipinski definition) is 0. The molecular formula is C20H21FN2. The summed E-state index contributed by atoms with van der Waals surface area (Å²) in [5.41, 5.74) is 6.30. The summed E-state index contributed by atoms with van der Waals surface area (Å²) in [6.45, 7) is 6.92. The van der Waals surface area contributed by atoms with Crippen LogP contribution in [0, 0.1) is 17.2 Å². The Bertz CT molecular complexity index is 826. The molecule has 0 radical (unpaired) electrons. The third kappa shape index (κ3) is 2.10. The van der Waals surface area contributed by atoms with Gasteiger partial charge in [0.15, 0.2) is 0 Å². The van der Waals surface area contributed by atoms with Gasteiger partial charge in [0.25, 0.3) is 0 Å². The predicted octanol–water partition coefficient (Wildman–Crippen LogP) is 4.94. The minimum atomic E-state index is -0.222. The lowest BCUT2D eigenvalue weighted by Gasteiger charge is -2.43. The average molecular weight is 308 g/mol. The van der Waals surface area contributed by atoms with Gasteiger partial charge in [0.1, 0.15) is 5.82 Å². The van der Waals surface area contributed by atoms with Gasteiger partial charge in [-0.1, -0.05) is 25.5 Å².